The molecule has 32 heavy (non-hydrogen) atoms. The molecule has 0 spiro atoms. The van der Waals surface area contributed by atoms with E-state index in [0.717, 1.165) is 37.0 Å². The number of furan rings is 1. The Balaban J connectivity index is 1.62. The highest BCUT2D eigenvalue weighted by atomic mass is 16.5. The summed E-state index contributed by atoms with van der Waals surface area (Å²) in [5, 5.41) is 3.30. The number of ether oxygens (including phenoxy) is 1. The summed E-state index contributed by atoms with van der Waals surface area (Å²) in [6.45, 7) is 9.26. The lowest BCUT2D eigenvalue weighted by atomic mass is 9.93. The van der Waals surface area contributed by atoms with Gasteiger partial charge in [0.25, 0.3) is 5.91 Å². The zero-order valence-corrected chi connectivity index (χ0v) is 19.9. The van der Waals surface area contributed by atoms with Gasteiger partial charge in [-0.25, -0.2) is 0 Å². The molecule has 176 valence electrons. The number of aryl methyl sites for hydroxylation is 1. The number of fused-ring (bicyclic) bond motifs is 3. The number of aromatic nitrogens is 1. The lowest BCUT2D eigenvalue weighted by Crippen LogP contribution is -2.65. The fourth-order valence-electron chi connectivity index (χ4n) is 5.12. The van der Waals surface area contributed by atoms with Crippen molar-refractivity contribution in [1.82, 2.24) is 14.8 Å². The van der Waals surface area contributed by atoms with Crippen LogP contribution in [0.4, 0.5) is 0 Å². The number of carbonyl (C=O) groups is 2. The minimum atomic E-state index is -0.967. The normalized spacial score (nSPS) is 22.4. The van der Waals surface area contributed by atoms with E-state index in [4.69, 9.17) is 9.15 Å². The van der Waals surface area contributed by atoms with Crippen molar-refractivity contribution in [2.75, 3.05) is 13.2 Å². The van der Waals surface area contributed by atoms with E-state index in [0.29, 0.717) is 37.4 Å². The quantitative estimate of drug-likeness (QED) is 0.508. The van der Waals surface area contributed by atoms with Crippen LogP contribution in [0, 0.1) is 6.92 Å². The van der Waals surface area contributed by atoms with Gasteiger partial charge in [0.1, 0.15) is 17.0 Å². The minimum Gasteiger partial charge on any atom is -0.460 e. The number of nitrogens with zero attached hydrogens (tertiary/aromatic N) is 2. The molecular weight excluding hydrogens is 406 g/mol. The number of hydrogen-bond donors (Lipinski definition) is 1. The summed E-state index contributed by atoms with van der Waals surface area (Å²) in [5.74, 6) is 0.620. The second-order valence-corrected chi connectivity index (χ2v) is 9.89. The molecule has 0 bridgehead atoms. The largest absolute Gasteiger partial charge is 0.460 e. The number of nitrogens with one attached hydrogen (secondary N) is 1. The first-order chi connectivity index (χ1) is 15.3. The maximum atomic E-state index is 13.7. The van der Waals surface area contributed by atoms with Crippen molar-refractivity contribution in [2.24, 2.45) is 0 Å². The summed E-state index contributed by atoms with van der Waals surface area (Å²) >= 11 is 0. The van der Waals surface area contributed by atoms with Gasteiger partial charge in [0, 0.05) is 31.3 Å². The molecular formula is C25H37N3O4. The molecule has 0 saturated heterocycles. The van der Waals surface area contributed by atoms with Gasteiger partial charge in [0.15, 0.2) is 5.58 Å². The number of rotatable bonds is 7. The van der Waals surface area contributed by atoms with Crippen LogP contribution >= 0.6 is 0 Å². The van der Waals surface area contributed by atoms with Gasteiger partial charge in [-0.05, 0) is 47.0 Å². The van der Waals surface area contributed by atoms with Crippen molar-refractivity contribution in [2.45, 2.75) is 96.9 Å². The molecule has 1 aliphatic heterocycles. The predicted octanol–water partition coefficient (Wildman–Crippen LogP) is 4.41. The summed E-state index contributed by atoms with van der Waals surface area (Å²) < 4.78 is 13.4. The van der Waals surface area contributed by atoms with Crippen LogP contribution in [0.1, 0.15) is 82.0 Å². The monoisotopic (exact) mass is 443 g/mol. The van der Waals surface area contributed by atoms with Crippen molar-refractivity contribution in [3.63, 3.8) is 0 Å². The van der Waals surface area contributed by atoms with Crippen LogP contribution in [-0.2, 0) is 16.1 Å². The fourth-order valence-corrected chi connectivity index (χ4v) is 5.12. The number of hydrogen-bond acceptors (Lipinski definition) is 4. The molecule has 1 atom stereocenters. The van der Waals surface area contributed by atoms with Crippen molar-refractivity contribution >= 4 is 22.9 Å². The Labute approximate surface area is 190 Å². The van der Waals surface area contributed by atoms with Crippen molar-refractivity contribution in [1.29, 1.82) is 0 Å². The van der Waals surface area contributed by atoms with Gasteiger partial charge in [-0.15, -0.1) is 0 Å². The molecule has 2 aliphatic rings. The Morgan fingerprint density at radius 1 is 1.25 bits per heavy atom. The molecule has 1 fully saturated rings. The van der Waals surface area contributed by atoms with Gasteiger partial charge in [0.2, 0.25) is 5.91 Å². The van der Waals surface area contributed by atoms with Crippen LogP contribution in [0.2, 0.25) is 0 Å². The van der Waals surface area contributed by atoms with Crippen LogP contribution < -0.4 is 5.32 Å². The van der Waals surface area contributed by atoms with Crippen LogP contribution in [0.3, 0.4) is 0 Å². The zero-order chi connectivity index (χ0) is 22.9. The molecule has 0 unspecified atom stereocenters. The first-order valence-corrected chi connectivity index (χ1v) is 12.1. The van der Waals surface area contributed by atoms with Crippen LogP contribution in [-0.4, -0.2) is 52.1 Å². The third-order valence-corrected chi connectivity index (χ3v) is 6.90. The first kappa shape index (κ1) is 22.9. The first-order valence-electron chi connectivity index (χ1n) is 12.1. The van der Waals surface area contributed by atoms with Crippen molar-refractivity contribution in [3.8, 4) is 0 Å². The average molecular weight is 444 g/mol. The van der Waals surface area contributed by atoms with E-state index >= 15 is 0 Å². The van der Waals surface area contributed by atoms with Gasteiger partial charge >= 0.3 is 0 Å². The zero-order valence-electron chi connectivity index (χ0n) is 19.9. The molecule has 4 rings (SSSR count). The van der Waals surface area contributed by atoms with Gasteiger partial charge in [-0.1, -0.05) is 25.7 Å². The molecule has 3 heterocycles. The van der Waals surface area contributed by atoms with E-state index in [9.17, 15) is 9.59 Å². The van der Waals surface area contributed by atoms with Gasteiger partial charge in [-0.2, -0.15) is 0 Å². The van der Waals surface area contributed by atoms with E-state index in [-0.39, 0.29) is 24.0 Å². The van der Waals surface area contributed by atoms with Gasteiger partial charge in [-0.3, -0.25) is 9.59 Å². The van der Waals surface area contributed by atoms with Crippen LogP contribution in [0.15, 0.2) is 16.5 Å². The topological polar surface area (TPSA) is 76.7 Å². The highest BCUT2D eigenvalue weighted by Gasteiger charge is 2.48. The number of amides is 2. The van der Waals surface area contributed by atoms with E-state index in [1.165, 1.54) is 12.8 Å². The third kappa shape index (κ3) is 4.45. The second kappa shape index (κ2) is 9.30. The number of carbonyl (C=O) groups excluding carboxylic acids is 2. The molecule has 1 N–H and O–H groups in total. The summed E-state index contributed by atoms with van der Waals surface area (Å²) in [7, 11) is 0. The van der Waals surface area contributed by atoms with E-state index in [2.05, 4.69) is 5.32 Å². The Bertz CT molecular complexity index is 967. The Morgan fingerprint density at radius 3 is 2.66 bits per heavy atom. The smallest absolute Gasteiger partial charge is 0.271 e. The maximum absolute atomic E-state index is 13.7. The molecule has 0 radical (unpaired) electrons. The molecule has 1 aliphatic carbocycles. The predicted molar refractivity (Wildman–Crippen MR) is 124 cm³/mol. The molecule has 1 saturated carbocycles. The fraction of sp³-hybridized carbons (Fsp3) is 0.680. The summed E-state index contributed by atoms with van der Waals surface area (Å²) in [4.78, 5) is 29.1. The average Bonchev–Trinajstić information content (AvgIpc) is 3.12. The Morgan fingerprint density at radius 2 is 1.97 bits per heavy atom. The summed E-state index contributed by atoms with van der Waals surface area (Å²) in [5.41, 5.74) is 1.19. The van der Waals surface area contributed by atoms with E-state index in [1.54, 1.807) is 4.90 Å². The van der Waals surface area contributed by atoms with Crippen molar-refractivity contribution < 1.29 is 18.7 Å². The summed E-state index contributed by atoms with van der Waals surface area (Å²) in [6.07, 6.45) is 7.61. The second-order valence-electron chi connectivity index (χ2n) is 9.89. The van der Waals surface area contributed by atoms with Gasteiger partial charge in [0.05, 0.1) is 18.2 Å². The molecule has 2 amide bonds. The lowest BCUT2D eigenvalue weighted by Gasteiger charge is -2.44. The van der Waals surface area contributed by atoms with Crippen LogP contribution in [0.5, 0.6) is 0 Å². The summed E-state index contributed by atoms with van der Waals surface area (Å²) in [6, 6.07) is 3.94. The van der Waals surface area contributed by atoms with E-state index < -0.39 is 5.54 Å². The third-order valence-electron chi connectivity index (χ3n) is 6.90. The van der Waals surface area contributed by atoms with Crippen LogP contribution in [0.25, 0.3) is 11.1 Å². The highest BCUT2D eigenvalue weighted by Crippen LogP contribution is 2.34. The SMILES string of the molecule is Cc1cc2c(cc3n2C[C@@](C)(C(=O)NC2CCCCCC2)N(CCCOC(C)C)C3=O)o1. The Hall–Kier alpha value is -2.28. The molecule has 7 nitrogen and oxygen atoms in total. The highest BCUT2D eigenvalue weighted by molar-refractivity contribution is 6.03. The maximum Gasteiger partial charge on any atom is 0.271 e. The standard InChI is InChI=1S/C25H37N3O4/c1-17(2)31-13-9-12-28-23(29)21-15-22-20(14-18(3)32-22)27(21)16-25(28,4)24(30)26-19-10-7-5-6-8-11-19/h14-15,17,19H,5-13,16H2,1-4H3,(H,26,30)/t25-/m0/s1. The van der Waals surface area contributed by atoms with Crippen molar-refractivity contribution in [3.05, 3.63) is 23.6 Å². The lowest BCUT2D eigenvalue weighted by molar-refractivity contribution is -0.133. The van der Waals surface area contributed by atoms with Gasteiger partial charge < -0.3 is 23.9 Å². The molecule has 0 aromatic carbocycles. The molecule has 2 aromatic rings. The minimum absolute atomic E-state index is 0.0600. The Kier molecular flexibility index (Phi) is 6.65. The van der Waals surface area contributed by atoms with E-state index in [1.807, 2.05) is 44.4 Å². The molecule has 7 heteroatoms. The molecule has 2 aromatic heterocycles.